The van der Waals surface area contributed by atoms with Gasteiger partial charge in [0.25, 0.3) is 5.56 Å². The van der Waals surface area contributed by atoms with E-state index in [1.54, 1.807) is 11.3 Å². The fraction of sp³-hybridized carbons (Fsp3) is 0.471. The molecule has 0 radical (unpaired) electrons. The van der Waals surface area contributed by atoms with Gasteiger partial charge >= 0.3 is 0 Å². The van der Waals surface area contributed by atoms with E-state index in [9.17, 15) is 9.59 Å². The Hall–Kier alpha value is -2.15. The molecule has 1 amide bonds. The number of rotatable bonds is 4. The Balaban J connectivity index is 1.82. The van der Waals surface area contributed by atoms with E-state index in [4.69, 9.17) is 0 Å². The molecule has 24 heavy (non-hydrogen) atoms. The number of hydrogen-bond acceptors (Lipinski definition) is 4. The fourth-order valence-electron chi connectivity index (χ4n) is 3.39. The lowest BCUT2D eigenvalue weighted by atomic mass is 10.3. The van der Waals surface area contributed by atoms with Crippen LogP contribution >= 0.6 is 11.3 Å². The van der Waals surface area contributed by atoms with E-state index in [0.29, 0.717) is 5.52 Å². The summed E-state index contributed by atoms with van der Waals surface area (Å²) in [5.74, 6) is 0.834. The number of carbonyl (C=O) groups is 1. The van der Waals surface area contributed by atoms with E-state index in [0.717, 1.165) is 54.8 Å². The number of thiophene rings is 1. The number of aryl methyl sites for hydroxylation is 1. The monoisotopic (exact) mass is 344 g/mol. The predicted octanol–water partition coefficient (Wildman–Crippen LogP) is 2.29. The third-order valence-corrected chi connectivity index (χ3v) is 5.49. The highest BCUT2D eigenvalue weighted by Gasteiger charge is 2.21. The Bertz CT molecular complexity index is 962. The van der Waals surface area contributed by atoms with Gasteiger partial charge in [0.1, 0.15) is 22.7 Å². The summed E-state index contributed by atoms with van der Waals surface area (Å²) in [5.41, 5.74) is 0.426. The summed E-state index contributed by atoms with van der Waals surface area (Å²) in [6.07, 6.45) is 3.80. The Morgan fingerprint density at radius 2 is 2.12 bits per heavy atom. The van der Waals surface area contributed by atoms with Gasteiger partial charge in [0.05, 0.1) is 0 Å². The van der Waals surface area contributed by atoms with E-state index < -0.39 is 0 Å². The summed E-state index contributed by atoms with van der Waals surface area (Å²) in [6, 6.07) is 3.92. The lowest BCUT2D eigenvalue weighted by Gasteiger charge is -2.16. The maximum absolute atomic E-state index is 12.8. The summed E-state index contributed by atoms with van der Waals surface area (Å²) in [4.78, 5) is 28.1. The zero-order chi connectivity index (χ0) is 16.7. The SMILES string of the molecule is CCCc1nn(CC(=O)N2CCCC2)c(=O)c2cc3ccsc3n12. The smallest absolute Gasteiger partial charge is 0.291 e. The van der Waals surface area contributed by atoms with E-state index in [2.05, 4.69) is 12.0 Å². The van der Waals surface area contributed by atoms with Crippen LogP contribution in [-0.4, -0.2) is 38.1 Å². The van der Waals surface area contributed by atoms with Crippen molar-refractivity contribution < 1.29 is 4.79 Å². The number of nitrogens with zero attached hydrogens (tertiary/aromatic N) is 4. The third kappa shape index (κ3) is 2.43. The van der Waals surface area contributed by atoms with Gasteiger partial charge in [0.2, 0.25) is 5.91 Å². The topological polar surface area (TPSA) is 59.6 Å². The molecular weight excluding hydrogens is 324 g/mol. The second-order valence-electron chi connectivity index (χ2n) is 6.26. The summed E-state index contributed by atoms with van der Waals surface area (Å²) in [5, 5.41) is 7.61. The molecule has 7 heteroatoms. The molecule has 1 saturated heterocycles. The third-order valence-electron chi connectivity index (χ3n) is 4.58. The highest BCUT2D eigenvalue weighted by molar-refractivity contribution is 7.16. The van der Waals surface area contributed by atoms with Gasteiger partial charge in [0.15, 0.2) is 0 Å². The molecule has 0 saturated carbocycles. The van der Waals surface area contributed by atoms with E-state index in [1.165, 1.54) is 4.68 Å². The number of likely N-dealkylation sites (tertiary alicyclic amines) is 1. The van der Waals surface area contributed by atoms with Gasteiger partial charge in [-0.2, -0.15) is 5.10 Å². The molecule has 1 aliphatic heterocycles. The highest BCUT2D eigenvalue weighted by Crippen LogP contribution is 2.25. The van der Waals surface area contributed by atoms with E-state index in [-0.39, 0.29) is 18.0 Å². The van der Waals surface area contributed by atoms with E-state index >= 15 is 0 Å². The van der Waals surface area contributed by atoms with Crippen LogP contribution in [0.2, 0.25) is 0 Å². The van der Waals surface area contributed by atoms with Gasteiger partial charge in [-0.05, 0) is 36.8 Å². The molecule has 1 fully saturated rings. The van der Waals surface area contributed by atoms with Crippen LogP contribution in [0.15, 0.2) is 22.3 Å². The van der Waals surface area contributed by atoms with Crippen LogP contribution in [0.3, 0.4) is 0 Å². The number of hydrogen-bond donors (Lipinski definition) is 0. The Morgan fingerprint density at radius 1 is 1.33 bits per heavy atom. The first-order valence-electron chi connectivity index (χ1n) is 8.45. The molecule has 0 spiro atoms. The highest BCUT2D eigenvalue weighted by atomic mass is 32.1. The zero-order valence-electron chi connectivity index (χ0n) is 13.7. The summed E-state index contributed by atoms with van der Waals surface area (Å²) in [6.45, 7) is 3.70. The van der Waals surface area contributed by atoms with Gasteiger partial charge in [-0.3, -0.25) is 14.0 Å². The van der Waals surface area contributed by atoms with Gasteiger partial charge in [-0.1, -0.05) is 6.92 Å². The van der Waals surface area contributed by atoms with Crippen LogP contribution in [0.25, 0.3) is 15.7 Å². The largest absolute Gasteiger partial charge is 0.341 e. The lowest BCUT2D eigenvalue weighted by molar-refractivity contribution is -0.131. The number of carbonyl (C=O) groups excluding carboxylic acids is 1. The minimum absolute atomic E-state index is 0.0118. The molecule has 0 aliphatic carbocycles. The molecule has 0 bridgehead atoms. The van der Waals surface area contributed by atoms with E-state index in [1.807, 2.05) is 26.8 Å². The molecule has 0 atom stereocenters. The van der Waals surface area contributed by atoms with Crippen molar-refractivity contribution in [1.82, 2.24) is 19.1 Å². The first-order valence-corrected chi connectivity index (χ1v) is 9.33. The minimum atomic E-state index is -0.189. The average Bonchev–Trinajstić information content (AvgIpc) is 3.27. The van der Waals surface area contributed by atoms with Crippen molar-refractivity contribution in [2.24, 2.45) is 0 Å². The van der Waals surface area contributed by atoms with Crippen LogP contribution in [-0.2, 0) is 17.8 Å². The molecule has 4 rings (SSSR count). The summed E-state index contributed by atoms with van der Waals surface area (Å²) in [7, 11) is 0. The Labute approximate surface area is 143 Å². The zero-order valence-corrected chi connectivity index (χ0v) is 14.5. The first-order chi connectivity index (χ1) is 11.7. The van der Waals surface area contributed by atoms with Crippen molar-refractivity contribution in [2.45, 2.75) is 39.2 Å². The Morgan fingerprint density at radius 3 is 2.88 bits per heavy atom. The number of aromatic nitrogens is 3. The van der Waals surface area contributed by atoms with Crippen molar-refractivity contribution in [3.8, 4) is 0 Å². The van der Waals surface area contributed by atoms with Crippen LogP contribution in [0, 0.1) is 0 Å². The van der Waals surface area contributed by atoms with Crippen LogP contribution in [0.1, 0.15) is 32.0 Å². The average molecular weight is 344 g/mol. The summed E-state index contributed by atoms with van der Waals surface area (Å²) < 4.78 is 3.31. The molecule has 126 valence electrons. The van der Waals surface area contributed by atoms with Crippen molar-refractivity contribution in [2.75, 3.05) is 13.1 Å². The molecule has 4 heterocycles. The molecule has 3 aromatic rings. The second kappa shape index (κ2) is 6.05. The molecular formula is C17H20N4O2S. The summed E-state index contributed by atoms with van der Waals surface area (Å²) >= 11 is 1.61. The van der Waals surface area contributed by atoms with Crippen LogP contribution in [0.5, 0.6) is 0 Å². The molecule has 0 N–H and O–H groups in total. The van der Waals surface area contributed by atoms with Gasteiger partial charge in [0, 0.05) is 24.9 Å². The first kappa shape index (κ1) is 15.4. The van der Waals surface area contributed by atoms with Crippen molar-refractivity contribution in [1.29, 1.82) is 0 Å². The van der Waals surface area contributed by atoms with Crippen molar-refractivity contribution in [3.63, 3.8) is 0 Å². The standard InChI is InChI=1S/C17H20N4O2S/c1-2-5-14-18-20(11-15(22)19-7-3-4-8-19)16(23)13-10-12-6-9-24-17(12)21(13)14/h6,9-10H,2-5,7-8,11H2,1H3. The number of fused-ring (bicyclic) bond motifs is 3. The fourth-order valence-corrected chi connectivity index (χ4v) is 4.30. The molecule has 1 aliphatic rings. The van der Waals surface area contributed by atoms with Crippen LogP contribution in [0.4, 0.5) is 0 Å². The van der Waals surface area contributed by atoms with Gasteiger partial charge in [-0.25, -0.2) is 4.68 Å². The molecule has 3 aromatic heterocycles. The quantitative estimate of drug-likeness (QED) is 0.729. The molecule has 0 unspecified atom stereocenters. The maximum atomic E-state index is 12.8. The predicted molar refractivity (Wildman–Crippen MR) is 94.6 cm³/mol. The van der Waals surface area contributed by atoms with Crippen molar-refractivity contribution in [3.05, 3.63) is 33.7 Å². The molecule has 0 aromatic carbocycles. The lowest BCUT2D eigenvalue weighted by Crippen LogP contribution is -2.36. The normalized spacial score (nSPS) is 15.0. The molecule has 6 nitrogen and oxygen atoms in total. The minimum Gasteiger partial charge on any atom is -0.341 e. The maximum Gasteiger partial charge on any atom is 0.291 e. The van der Waals surface area contributed by atoms with Gasteiger partial charge < -0.3 is 4.90 Å². The number of amides is 1. The van der Waals surface area contributed by atoms with Crippen LogP contribution < -0.4 is 5.56 Å². The second-order valence-corrected chi connectivity index (χ2v) is 7.16. The Kier molecular flexibility index (Phi) is 3.88. The van der Waals surface area contributed by atoms with Gasteiger partial charge in [-0.15, -0.1) is 11.3 Å². The van der Waals surface area contributed by atoms with Crippen molar-refractivity contribution >= 4 is 33.0 Å².